The molecule has 0 aliphatic rings. The lowest BCUT2D eigenvalue weighted by Crippen LogP contribution is -2.35. The summed E-state index contributed by atoms with van der Waals surface area (Å²) in [5.41, 5.74) is 5.42. The molecule has 1 heterocycles. The number of pyridine rings is 1. The van der Waals surface area contributed by atoms with Gasteiger partial charge in [0.25, 0.3) is 0 Å². The van der Waals surface area contributed by atoms with E-state index in [9.17, 15) is 8.42 Å². The van der Waals surface area contributed by atoms with Crippen molar-refractivity contribution in [1.29, 1.82) is 0 Å². The van der Waals surface area contributed by atoms with E-state index in [-0.39, 0.29) is 10.9 Å². The predicted molar refractivity (Wildman–Crippen MR) is 62.3 cm³/mol. The molecule has 0 aromatic carbocycles. The molecule has 1 aromatic heterocycles. The van der Waals surface area contributed by atoms with Crippen LogP contribution in [0.15, 0.2) is 29.4 Å². The highest BCUT2D eigenvalue weighted by molar-refractivity contribution is 7.89. The summed E-state index contributed by atoms with van der Waals surface area (Å²) in [6, 6.07) is 3.00. The molecule has 1 rings (SSSR count). The summed E-state index contributed by atoms with van der Waals surface area (Å²) in [5, 5.41) is 0. The van der Waals surface area contributed by atoms with Crippen LogP contribution in [0.2, 0.25) is 0 Å². The van der Waals surface area contributed by atoms with E-state index in [2.05, 4.69) is 9.71 Å². The Morgan fingerprint density at radius 1 is 1.56 bits per heavy atom. The van der Waals surface area contributed by atoms with Gasteiger partial charge < -0.3 is 5.73 Å². The van der Waals surface area contributed by atoms with Gasteiger partial charge in [-0.3, -0.25) is 4.98 Å². The third kappa shape index (κ3) is 3.55. The summed E-state index contributed by atoms with van der Waals surface area (Å²) in [6.45, 7) is 2.39. The highest BCUT2D eigenvalue weighted by Crippen LogP contribution is 2.08. The minimum Gasteiger partial charge on any atom is -0.330 e. The second kappa shape index (κ2) is 5.93. The van der Waals surface area contributed by atoms with Gasteiger partial charge in [-0.05, 0) is 31.5 Å². The molecule has 0 aliphatic heterocycles. The van der Waals surface area contributed by atoms with Crippen LogP contribution in [0.3, 0.4) is 0 Å². The topological polar surface area (TPSA) is 85.1 Å². The van der Waals surface area contributed by atoms with Crippen molar-refractivity contribution >= 4 is 10.0 Å². The van der Waals surface area contributed by atoms with Crippen molar-refractivity contribution in [2.24, 2.45) is 5.73 Å². The first-order chi connectivity index (χ1) is 7.60. The van der Waals surface area contributed by atoms with E-state index in [0.717, 1.165) is 6.42 Å². The van der Waals surface area contributed by atoms with Gasteiger partial charge >= 0.3 is 0 Å². The lowest BCUT2D eigenvalue weighted by molar-refractivity contribution is 0.520. The van der Waals surface area contributed by atoms with Gasteiger partial charge in [0.2, 0.25) is 10.0 Å². The number of aromatic nitrogens is 1. The Morgan fingerprint density at radius 3 is 2.81 bits per heavy atom. The largest absolute Gasteiger partial charge is 0.330 e. The molecule has 5 nitrogen and oxygen atoms in total. The third-order valence-corrected chi connectivity index (χ3v) is 3.78. The number of sulfonamides is 1. The molecule has 16 heavy (non-hydrogen) atoms. The van der Waals surface area contributed by atoms with Gasteiger partial charge in [0, 0.05) is 18.4 Å². The molecule has 0 radical (unpaired) electrons. The molecule has 90 valence electrons. The SMILES string of the molecule is CCC(CCN)NS(=O)(=O)c1cccnc1. The highest BCUT2D eigenvalue weighted by Gasteiger charge is 2.18. The zero-order chi connectivity index (χ0) is 12.0. The number of nitrogens with two attached hydrogens (primary N) is 1. The maximum atomic E-state index is 11.9. The second-order valence-electron chi connectivity index (χ2n) is 3.49. The second-order valence-corrected chi connectivity index (χ2v) is 5.21. The minimum absolute atomic E-state index is 0.116. The maximum Gasteiger partial charge on any atom is 0.242 e. The quantitative estimate of drug-likeness (QED) is 0.761. The maximum absolute atomic E-state index is 11.9. The molecular weight excluding hydrogens is 226 g/mol. The van der Waals surface area contributed by atoms with Crippen LogP contribution in [0.5, 0.6) is 0 Å². The smallest absolute Gasteiger partial charge is 0.242 e. The van der Waals surface area contributed by atoms with Gasteiger partial charge in [-0.2, -0.15) is 0 Å². The average Bonchev–Trinajstić information content (AvgIpc) is 2.29. The lowest BCUT2D eigenvalue weighted by Gasteiger charge is -2.15. The summed E-state index contributed by atoms with van der Waals surface area (Å²) >= 11 is 0. The van der Waals surface area contributed by atoms with E-state index in [1.165, 1.54) is 18.5 Å². The summed E-state index contributed by atoms with van der Waals surface area (Å²) in [5.74, 6) is 0. The van der Waals surface area contributed by atoms with Gasteiger partial charge in [0.1, 0.15) is 4.90 Å². The zero-order valence-corrected chi connectivity index (χ0v) is 10.1. The first-order valence-corrected chi connectivity index (χ1v) is 6.71. The van der Waals surface area contributed by atoms with Crippen LogP contribution in [0, 0.1) is 0 Å². The Morgan fingerprint density at radius 2 is 2.31 bits per heavy atom. The molecule has 3 N–H and O–H groups in total. The van der Waals surface area contributed by atoms with Gasteiger partial charge in [-0.1, -0.05) is 6.92 Å². The highest BCUT2D eigenvalue weighted by atomic mass is 32.2. The van der Waals surface area contributed by atoms with E-state index in [1.807, 2.05) is 6.92 Å². The third-order valence-electron chi connectivity index (χ3n) is 2.27. The molecule has 0 amide bonds. The Hall–Kier alpha value is -0.980. The summed E-state index contributed by atoms with van der Waals surface area (Å²) in [4.78, 5) is 3.97. The fourth-order valence-corrected chi connectivity index (χ4v) is 2.66. The first kappa shape index (κ1) is 13.1. The minimum atomic E-state index is -3.46. The van der Waals surface area contributed by atoms with Crippen LogP contribution in [0.25, 0.3) is 0 Å². The standard InChI is InChI=1S/C10H17N3O2S/c1-2-9(5-6-11)13-16(14,15)10-4-3-7-12-8-10/h3-4,7-9,13H,2,5-6,11H2,1H3. The van der Waals surface area contributed by atoms with E-state index < -0.39 is 10.0 Å². The molecule has 0 bridgehead atoms. The number of nitrogens with zero attached hydrogens (tertiary/aromatic N) is 1. The summed E-state index contributed by atoms with van der Waals surface area (Å²) in [7, 11) is -3.46. The van der Waals surface area contributed by atoms with Crippen molar-refractivity contribution < 1.29 is 8.42 Å². The first-order valence-electron chi connectivity index (χ1n) is 5.22. The molecule has 1 atom stereocenters. The van der Waals surface area contributed by atoms with Crippen molar-refractivity contribution in [3.05, 3.63) is 24.5 Å². The molecule has 1 aromatic rings. The van der Waals surface area contributed by atoms with E-state index >= 15 is 0 Å². The van der Waals surface area contributed by atoms with E-state index in [4.69, 9.17) is 5.73 Å². The van der Waals surface area contributed by atoms with E-state index in [0.29, 0.717) is 13.0 Å². The number of hydrogen-bond acceptors (Lipinski definition) is 4. The Bertz CT molecular complexity index is 405. The van der Waals surface area contributed by atoms with Crippen molar-refractivity contribution in [2.75, 3.05) is 6.54 Å². The molecule has 0 spiro atoms. The van der Waals surface area contributed by atoms with Crippen LogP contribution in [0.1, 0.15) is 19.8 Å². The van der Waals surface area contributed by atoms with Crippen LogP contribution >= 0.6 is 0 Å². The van der Waals surface area contributed by atoms with Crippen LogP contribution in [0.4, 0.5) is 0 Å². The monoisotopic (exact) mass is 243 g/mol. The summed E-state index contributed by atoms with van der Waals surface area (Å²) in [6.07, 6.45) is 4.22. The Balaban J connectivity index is 2.79. The average molecular weight is 243 g/mol. The van der Waals surface area contributed by atoms with Crippen molar-refractivity contribution in [3.8, 4) is 0 Å². The van der Waals surface area contributed by atoms with Gasteiger partial charge in [0.05, 0.1) is 0 Å². The zero-order valence-electron chi connectivity index (χ0n) is 9.26. The predicted octanol–water partition coefficient (Wildman–Crippen LogP) is 0.487. The molecule has 0 aliphatic carbocycles. The lowest BCUT2D eigenvalue weighted by atomic mass is 10.2. The molecule has 6 heteroatoms. The van der Waals surface area contributed by atoms with E-state index in [1.54, 1.807) is 6.07 Å². The van der Waals surface area contributed by atoms with Crippen molar-refractivity contribution in [2.45, 2.75) is 30.7 Å². The molecule has 0 saturated heterocycles. The van der Waals surface area contributed by atoms with Crippen molar-refractivity contribution in [3.63, 3.8) is 0 Å². The van der Waals surface area contributed by atoms with Gasteiger partial charge in [-0.25, -0.2) is 13.1 Å². The normalized spacial score (nSPS) is 13.6. The molecule has 0 saturated carbocycles. The number of hydrogen-bond donors (Lipinski definition) is 2. The fourth-order valence-electron chi connectivity index (χ4n) is 1.34. The van der Waals surface area contributed by atoms with Crippen molar-refractivity contribution in [1.82, 2.24) is 9.71 Å². The molecule has 1 unspecified atom stereocenters. The molecular formula is C10H17N3O2S. The fraction of sp³-hybridized carbons (Fsp3) is 0.500. The van der Waals surface area contributed by atoms with Crippen LogP contribution in [-0.4, -0.2) is 26.0 Å². The Kier molecular flexibility index (Phi) is 4.85. The van der Waals surface area contributed by atoms with Gasteiger partial charge in [0.15, 0.2) is 0 Å². The Labute approximate surface area is 96.1 Å². The van der Waals surface area contributed by atoms with Crippen LogP contribution < -0.4 is 10.5 Å². The number of rotatable bonds is 6. The van der Waals surface area contributed by atoms with Crippen LogP contribution in [-0.2, 0) is 10.0 Å². The molecule has 0 fully saturated rings. The van der Waals surface area contributed by atoms with Gasteiger partial charge in [-0.15, -0.1) is 0 Å². The number of nitrogens with one attached hydrogen (secondary N) is 1. The summed E-state index contributed by atoms with van der Waals surface area (Å²) < 4.78 is 26.4.